The van der Waals surface area contributed by atoms with E-state index < -0.39 is 10.0 Å². The summed E-state index contributed by atoms with van der Waals surface area (Å²) in [6.45, 7) is 2.16. The number of para-hydroxylation sites is 1. The van der Waals surface area contributed by atoms with E-state index in [9.17, 15) is 8.42 Å². The van der Waals surface area contributed by atoms with Crippen LogP contribution in [0, 0.1) is 0 Å². The zero-order valence-electron chi connectivity index (χ0n) is 8.60. The van der Waals surface area contributed by atoms with E-state index in [0.29, 0.717) is 17.9 Å². The summed E-state index contributed by atoms with van der Waals surface area (Å²) in [5.74, 6) is 0.112. The molecule has 5 heteroatoms. The summed E-state index contributed by atoms with van der Waals surface area (Å²) in [6.07, 6.45) is 0.750. The minimum atomic E-state index is -3.18. The summed E-state index contributed by atoms with van der Waals surface area (Å²) >= 11 is 0. The molecule has 1 aromatic rings. The number of nitrogens with two attached hydrogens (primary N) is 1. The SMILES string of the molecule is CCS(=O)(=O)N1CCc2cccc(N)c21. The maximum atomic E-state index is 11.8. The van der Waals surface area contributed by atoms with Crippen molar-refractivity contribution >= 4 is 21.4 Å². The lowest BCUT2D eigenvalue weighted by Crippen LogP contribution is -2.30. The Morgan fingerprint density at radius 2 is 2.20 bits per heavy atom. The van der Waals surface area contributed by atoms with E-state index in [4.69, 9.17) is 5.73 Å². The van der Waals surface area contributed by atoms with Crippen molar-refractivity contribution in [2.75, 3.05) is 22.3 Å². The average molecular weight is 226 g/mol. The molecule has 0 bridgehead atoms. The number of rotatable bonds is 2. The second-order valence-electron chi connectivity index (χ2n) is 3.58. The van der Waals surface area contributed by atoms with E-state index in [-0.39, 0.29) is 5.75 Å². The van der Waals surface area contributed by atoms with Gasteiger partial charge in [0.15, 0.2) is 0 Å². The first-order valence-electron chi connectivity index (χ1n) is 4.94. The summed E-state index contributed by atoms with van der Waals surface area (Å²) in [5.41, 5.74) is 8.05. The van der Waals surface area contributed by atoms with E-state index in [1.807, 2.05) is 12.1 Å². The normalized spacial score (nSPS) is 15.4. The zero-order valence-corrected chi connectivity index (χ0v) is 9.42. The molecule has 2 N–H and O–H groups in total. The van der Waals surface area contributed by atoms with Gasteiger partial charge in [0.25, 0.3) is 0 Å². The molecular formula is C10H14N2O2S. The Bertz CT molecular complexity index is 482. The van der Waals surface area contributed by atoms with E-state index in [2.05, 4.69) is 0 Å². The van der Waals surface area contributed by atoms with Crippen LogP contribution >= 0.6 is 0 Å². The highest BCUT2D eigenvalue weighted by Crippen LogP contribution is 2.35. The number of hydrogen-bond donors (Lipinski definition) is 1. The van der Waals surface area contributed by atoms with Crippen molar-refractivity contribution in [3.05, 3.63) is 23.8 Å². The molecule has 0 spiro atoms. The molecule has 0 aliphatic carbocycles. The van der Waals surface area contributed by atoms with Crippen molar-refractivity contribution in [1.29, 1.82) is 0 Å². The second kappa shape index (κ2) is 3.41. The summed E-state index contributed by atoms with van der Waals surface area (Å²) in [6, 6.07) is 5.52. The van der Waals surface area contributed by atoms with Crippen LogP contribution < -0.4 is 10.0 Å². The average Bonchev–Trinajstić information content (AvgIpc) is 2.63. The topological polar surface area (TPSA) is 63.4 Å². The van der Waals surface area contributed by atoms with Crippen LogP contribution in [0.25, 0.3) is 0 Å². The molecule has 2 rings (SSSR count). The fraction of sp³-hybridized carbons (Fsp3) is 0.400. The van der Waals surface area contributed by atoms with Gasteiger partial charge in [-0.3, -0.25) is 4.31 Å². The van der Waals surface area contributed by atoms with Crippen LogP contribution in [0.1, 0.15) is 12.5 Å². The first-order chi connectivity index (χ1) is 7.06. The van der Waals surface area contributed by atoms with Crippen LogP contribution in [0.5, 0.6) is 0 Å². The van der Waals surface area contributed by atoms with Crippen molar-refractivity contribution in [3.63, 3.8) is 0 Å². The number of fused-ring (bicyclic) bond motifs is 1. The van der Waals surface area contributed by atoms with Crippen LogP contribution in [0.4, 0.5) is 11.4 Å². The third-order valence-electron chi connectivity index (χ3n) is 2.69. The second-order valence-corrected chi connectivity index (χ2v) is 5.76. The molecule has 0 atom stereocenters. The summed E-state index contributed by atoms with van der Waals surface area (Å²) in [5, 5.41) is 0. The maximum absolute atomic E-state index is 11.8. The molecule has 1 aromatic carbocycles. The molecule has 1 aliphatic rings. The molecule has 0 amide bonds. The van der Waals surface area contributed by atoms with Crippen LogP contribution in [0.3, 0.4) is 0 Å². The number of hydrogen-bond acceptors (Lipinski definition) is 3. The Kier molecular flexibility index (Phi) is 2.34. The Morgan fingerprint density at radius 3 is 2.87 bits per heavy atom. The van der Waals surface area contributed by atoms with Crippen molar-refractivity contribution in [1.82, 2.24) is 0 Å². The highest BCUT2D eigenvalue weighted by atomic mass is 32.2. The van der Waals surface area contributed by atoms with E-state index in [1.165, 1.54) is 4.31 Å². The highest BCUT2D eigenvalue weighted by Gasteiger charge is 2.29. The van der Waals surface area contributed by atoms with Gasteiger partial charge in [0.2, 0.25) is 10.0 Å². The van der Waals surface area contributed by atoms with Gasteiger partial charge in [-0.15, -0.1) is 0 Å². The molecule has 0 saturated carbocycles. The van der Waals surface area contributed by atoms with Gasteiger partial charge in [-0.05, 0) is 25.0 Å². The number of benzene rings is 1. The zero-order chi connectivity index (χ0) is 11.1. The van der Waals surface area contributed by atoms with Crippen molar-refractivity contribution < 1.29 is 8.42 Å². The van der Waals surface area contributed by atoms with Crippen LogP contribution in [0.2, 0.25) is 0 Å². The first kappa shape index (κ1) is 10.3. The highest BCUT2D eigenvalue weighted by molar-refractivity contribution is 7.92. The Hall–Kier alpha value is -1.23. The quantitative estimate of drug-likeness (QED) is 0.765. The van der Waals surface area contributed by atoms with Gasteiger partial charge in [0, 0.05) is 6.54 Å². The number of sulfonamides is 1. The van der Waals surface area contributed by atoms with E-state index >= 15 is 0 Å². The van der Waals surface area contributed by atoms with Gasteiger partial charge < -0.3 is 5.73 Å². The van der Waals surface area contributed by atoms with Crippen molar-refractivity contribution in [2.24, 2.45) is 0 Å². The molecule has 15 heavy (non-hydrogen) atoms. The lowest BCUT2D eigenvalue weighted by atomic mass is 10.1. The molecule has 0 unspecified atom stereocenters. The summed E-state index contributed by atoms with van der Waals surface area (Å²) in [4.78, 5) is 0. The summed E-state index contributed by atoms with van der Waals surface area (Å²) < 4.78 is 25.0. The lowest BCUT2D eigenvalue weighted by molar-refractivity contribution is 0.593. The van der Waals surface area contributed by atoms with Crippen LogP contribution in [0.15, 0.2) is 18.2 Å². The lowest BCUT2D eigenvalue weighted by Gasteiger charge is -2.19. The molecule has 1 heterocycles. The first-order valence-corrected chi connectivity index (χ1v) is 6.55. The van der Waals surface area contributed by atoms with Gasteiger partial charge >= 0.3 is 0 Å². The molecule has 0 aromatic heterocycles. The predicted molar refractivity (Wildman–Crippen MR) is 61.4 cm³/mol. The number of nitrogen functional groups attached to an aromatic ring is 1. The van der Waals surface area contributed by atoms with Gasteiger partial charge in [-0.1, -0.05) is 12.1 Å². The van der Waals surface area contributed by atoms with E-state index in [1.54, 1.807) is 13.0 Å². The fourth-order valence-electron chi connectivity index (χ4n) is 1.88. The monoisotopic (exact) mass is 226 g/mol. The predicted octanol–water partition coefficient (Wildman–Crippen LogP) is 0.981. The smallest absolute Gasteiger partial charge is 0.234 e. The van der Waals surface area contributed by atoms with Crippen molar-refractivity contribution in [2.45, 2.75) is 13.3 Å². The van der Waals surface area contributed by atoms with Gasteiger partial charge in [-0.2, -0.15) is 0 Å². The Morgan fingerprint density at radius 1 is 1.47 bits per heavy atom. The van der Waals surface area contributed by atoms with Gasteiger partial charge in [0.05, 0.1) is 17.1 Å². The third kappa shape index (κ3) is 1.56. The minimum Gasteiger partial charge on any atom is -0.397 e. The fourth-order valence-corrected chi connectivity index (χ4v) is 3.07. The molecule has 0 radical (unpaired) electrons. The molecule has 1 aliphatic heterocycles. The Balaban J connectivity index is 2.54. The standard InChI is InChI=1S/C10H14N2O2S/c1-2-15(13,14)12-7-6-8-4-3-5-9(11)10(8)12/h3-5H,2,6-7,11H2,1H3. The van der Waals surface area contributed by atoms with Gasteiger partial charge in [0.1, 0.15) is 0 Å². The summed E-state index contributed by atoms with van der Waals surface area (Å²) in [7, 11) is -3.18. The maximum Gasteiger partial charge on any atom is 0.234 e. The molecule has 82 valence electrons. The van der Waals surface area contributed by atoms with Crippen LogP contribution in [-0.4, -0.2) is 20.7 Å². The molecule has 0 saturated heterocycles. The Labute approximate surface area is 89.7 Å². The van der Waals surface area contributed by atoms with Gasteiger partial charge in [-0.25, -0.2) is 8.42 Å². The molecule has 0 fully saturated rings. The number of anilines is 2. The molecule has 4 nitrogen and oxygen atoms in total. The minimum absolute atomic E-state index is 0.112. The van der Waals surface area contributed by atoms with Crippen molar-refractivity contribution in [3.8, 4) is 0 Å². The third-order valence-corrected chi connectivity index (χ3v) is 4.45. The van der Waals surface area contributed by atoms with Crippen LogP contribution in [-0.2, 0) is 16.4 Å². The van der Waals surface area contributed by atoms with E-state index in [0.717, 1.165) is 12.0 Å². The number of nitrogens with zero attached hydrogens (tertiary/aromatic N) is 1. The largest absolute Gasteiger partial charge is 0.397 e. The molecular weight excluding hydrogens is 212 g/mol.